The van der Waals surface area contributed by atoms with Crippen molar-refractivity contribution in [2.75, 3.05) is 6.54 Å². The lowest BCUT2D eigenvalue weighted by Crippen LogP contribution is -2.33. The monoisotopic (exact) mass is 344 g/mol. The first kappa shape index (κ1) is 18.6. The molecule has 0 bridgehead atoms. The van der Waals surface area contributed by atoms with Crippen LogP contribution in [0.15, 0.2) is 34.9 Å². The van der Waals surface area contributed by atoms with Crippen molar-refractivity contribution in [2.24, 2.45) is 5.73 Å². The van der Waals surface area contributed by atoms with Gasteiger partial charge in [0.25, 0.3) is 0 Å². The first-order valence-corrected chi connectivity index (χ1v) is 8.50. The molecule has 1 aromatic carbocycles. The van der Waals surface area contributed by atoms with Crippen LogP contribution < -0.4 is 5.73 Å². The van der Waals surface area contributed by atoms with Gasteiger partial charge >= 0.3 is 0 Å². The van der Waals surface area contributed by atoms with Crippen molar-refractivity contribution in [3.63, 3.8) is 0 Å². The standard InChI is InChI=1S/C18H24N4O3/c1-2-16-20-17(25-21-16)9-6-10-18(24)22(12-11-15(19)23)13-14-7-4-3-5-8-14/h3-5,7-8H,2,6,9-13H2,1H3,(H2,19,23). The molecule has 2 rings (SSSR count). The van der Waals surface area contributed by atoms with Crippen molar-refractivity contribution in [2.45, 2.75) is 45.6 Å². The van der Waals surface area contributed by atoms with Gasteiger partial charge in [0.15, 0.2) is 5.82 Å². The molecular weight excluding hydrogens is 320 g/mol. The third kappa shape index (κ3) is 6.37. The number of carbonyl (C=O) groups excluding carboxylic acids is 2. The topological polar surface area (TPSA) is 102 Å². The Labute approximate surface area is 147 Å². The molecule has 2 aromatic rings. The Morgan fingerprint density at radius 3 is 2.60 bits per heavy atom. The second kappa shape index (κ2) is 9.56. The zero-order valence-electron chi connectivity index (χ0n) is 14.5. The molecule has 0 saturated heterocycles. The summed E-state index contributed by atoms with van der Waals surface area (Å²) in [5.74, 6) is 0.800. The molecule has 0 aliphatic carbocycles. The maximum atomic E-state index is 12.5. The number of carbonyl (C=O) groups is 2. The van der Waals surface area contributed by atoms with Gasteiger partial charge in [0.2, 0.25) is 17.7 Å². The number of amides is 2. The molecule has 0 fully saturated rings. The molecule has 0 unspecified atom stereocenters. The van der Waals surface area contributed by atoms with Gasteiger partial charge in [-0.1, -0.05) is 42.4 Å². The second-order valence-corrected chi connectivity index (χ2v) is 5.83. The van der Waals surface area contributed by atoms with Crippen LogP contribution in [0.1, 0.15) is 43.5 Å². The average Bonchev–Trinajstić information content (AvgIpc) is 3.07. The van der Waals surface area contributed by atoms with E-state index in [0.29, 0.717) is 44.1 Å². The molecule has 1 aromatic heterocycles. The van der Waals surface area contributed by atoms with Crippen molar-refractivity contribution >= 4 is 11.8 Å². The quantitative estimate of drug-likeness (QED) is 0.709. The third-order valence-corrected chi connectivity index (χ3v) is 3.80. The molecule has 2 amide bonds. The summed E-state index contributed by atoms with van der Waals surface area (Å²) in [4.78, 5) is 29.5. The first-order chi connectivity index (χ1) is 12.1. The maximum Gasteiger partial charge on any atom is 0.226 e. The Morgan fingerprint density at radius 2 is 1.96 bits per heavy atom. The van der Waals surface area contributed by atoms with E-state index in [0.717, 1.165) is 12.0 Å². The average molecular weight is 344 g/mol. The summed E-state index contributed by atoms with van der Waals surface area (Å²) in [6.45, 7) is 2.75. The number of aromatic nitrogens is 2. The number of hydrogen-bond donors (Lipinski definition) is 1. The number of rotatable bonds is 10. The highest BCUT2D eigenvalue weighted by molar-refractivity contribution is 5.78. The van der Waals surface area contributed by atoms with Crippen molar-refractivity contribution in [1.82, 2.24) is 15.0 Å². The Hall–Kier alpha value is -2.70. The summed E-state index contributed by atoms with van der Waals surface area (Å²) in [7, 11) is 0. The lowest BCUT2D eigenvalue weighted by Gasteiger charge is -2.22. The van der Waals surface area contributed by atoms with Gasteiger partial charge in [-0.25, -0.2) is 0 Å². The summed E-state index contributed by atoms with van der Waals surface area (Å²) in [5, 5.41) is 3.84. The smallest absolute Gasteiger partial charge is 0.226 e. The predicted octanol–water partition coefficient (Wildman–Crippen LogP) is 1.86. The van der Waals surface area contributed by atoms with Gasteiger partial charge in [0.1, 0.15) is 0 Å². The van der Waals surface area contributed by atoms with E-state index in [1.54, 1.807) is 4.90 Å². The van der Waals surface area contributed by atoms with Crippen molar-refractivity contribution in [3.8, 4) is 0 Å². The summed E-state index contributed by atoms with van der Waals surface area (Å²) in [6.07, 6.45) is 2.41. The van der Waals surface area contributed by atoms with Crippen LogP contribution in [0.2, 0.25) is 0 Å². The minimum Gasteiger partial charge on any atom is -0.370 e. The Balaban J connectivity index is 1.88. The van der Waals surface area contributed by atoms with E-state index in [4.69, 9.17) is 10.3 Å². The number of nitrogens with two attached hydrogens (primary N) is 1. The Morgan fingerprint density at radius 1 is 1.20 bits per heavy atom. The molecule has 2 N–H and O–H groups in total. The molecule has 0 atom stereocenters. The normalized spacial score (nSPS) is 10.6. The fraction of sp³-hybridized carbons (Fsp3) is 0.444. The fourth-order valence-corrected chi connectivity index (χ4v) is 2.43. The van der Waals surface area contributed by atoms with Crippen molar-refractivity contribution in [3.05, 3.63) is 47.6 Å². The number of aryl methyl sites for hydroxylation is 2. The van der Waals surface area contributed by atoms with Gasteiger partial charge in [0.05, 0.1) is 0 Å². The van der Waals surface area contributed by atoms with Gasteiger partial charge in [-0.2, -0.15) is 4.98 Å². The number of benzene rings is 1. The van der Waals surface area contributed by atoms with E-state index in [1.807, 2.05) is 37.3 Å². The molecule has 7 heteroatoms. The highest BCUT2D eigenvalue weighted by atomic mass is 16.5. The lowest BCUT2D eigenvalue weighted by atomic mass is 10.1. The maximum absolute atomic E-state index is 12.5. The van der Waals surface area contributed by atoms with E-state index in [9.17, 15) is 9.59 Å². The van der Waals surface area contributed by atoms with E-state index in [1.165, 1.54) is 0 Å². The van der Waals surface area contributed by atoms with Gasteiger partial charge < -0.3 is 15.2 Å². The molecule has 0 aliphatic rings. The van der Waals surface area contributed by atoms with Gasteiger partial charge in [-0.3, -0.25) is 9.59 Å². The highest BCUT2D eigenvalue weighted by Gasteiger charge is 2.15. The van der Waals surface area contributed by atoms with Crippen LogP contribution in [0.25, 0.3) is 0 Å². The minimum absolute atomic E-state index is 0.0136. The molecule has 0 radical (unpaired) electrons. The largest absolute Gasteiger partial charge is 0.370 e. The van der Waals surface area contributed by atoms with E-state index < -0.39 is 5.91 Å². The van der Waals surface area contributed by atoms with Crippen LogP contribution in [0.3, 0.4) is 0 Å². The molecular formula is C18H24N4O3. The fourth-order valence-electron chi connectivity index (χ4n) is 2.43. The molecule has 1 heterocycles. The molecule has 0 spiro atoms. The highest BCUT2D eigenvalue weighted by Crippen LogP contribution is 2.10. The zero-order chi connectivity index (χ0) is 18.1. The van der Waals surface area contributed by atoms with Gasteiger partial charge in [0, 0.05) is 38.8 Å². The molecule has 7 nitrogen and oxygen atoms in total. The minimum atomic E-state index is -0.413. The van der Waals surface area contributed by atoms with E-state index in [2.05, 4.69) is 10.1 Å². The third-order valence-electron chi connectivity index (χ3n) is 3.80. The number of hydrogen-bond acceptors (Lipinski definition) is 5. The molecule has 25 heavy (non-hydrogen) atoms. The van der Waals surface area contributed by atoms with Crippen LogP contribution >= 0.6 is 0 Å². The van der Waals surface area contributed by atoms with Crippen LogP contribution in [0.4, 0.5) is 0 Å². The first-order valence-electron chi connectivity index (χ1n) is 8.50. The Bertz CT molecular complexity index is 685. The molecule has 134 valence electrons. The lowest BCUT2D eigenvalue weighted by molar-refractivity contribution is -0.132. The van der Waals surface area contributed by atoms with E-state index in [-0.39, 0.29) is 12.3 Å². The predicted molar refractivity (Wildman–Crippen MR) is 92.3 cm³/mol. The van der Waals surface area contributed by atoms with Crippen LogP contribution in [0, 0.1) is 0 Å². The number of primary amides is 1. The number of nitrogens with zero attached hydrogens (tertiary/aromatic N) is 3. The van der Waals surface area contributed by atoms with Gasteiger partial charge in [-0.05, 0) is 12.0 Å². The molecule has 0 saturated carbocycles. The summed E-state index contributed by atoms with van der Waals surface area (Å²) >= 11 is 0. The van der Waals surface area contributed by atoms with Crippen LogP contribution in [-0.2, 0) is 29.0 Å². The van der Waals surface area contributed by atoms with Crippen LogP contribution in [0.5, 0.6) is 0 Å². The van der Waals surface area contributed by atoms with Gasteiger partial charge in [-0.15, -0.1) is 0 Å². The zero-order valence-corrected chi connectivity index (χ0v) is 14.5. The Kier molecular flexibility index (Phi) is 7.13. The SMILES string of the molecule is CCc1noc(CCCC(=O)N(CCC(N)=O)Cc2ccccc2)n1. The van der Waals surface area contributed by atoms with E-state index >= 15 is 0 Å². The van der Waals surface area contributed by atoms with Crippen molar-refractivity contribution in [1.29, 1.82) is 0 Å². The molecule has 0 aliphatic heterocycles. The van der Waals surface area contributed by atoms with Crippen molar-refractivity contribution < 1.29 is 14.1 Å². The second-order valence-electron chi connectivity index (χ2n) is 5.83. The van der Waals surface area contributed by atoms with Crippen LogP contribution in [-0.4, -0.2) is 33.4 Å². The summed E-state index contributed by atoms with van der Waals surface area (Å²) in [6, 6.07) is 9.68. The summed E-state index contributed by atoms with van der Waals surface area (Å²) in [5.41, 5.74) is 6.24. The summed E-state index contributed by atoms with van der Waals surface area (Å²) < 4.78 is 5.13.